The fourth-order valence-corrected chi connectivity index (χ4v) is 3.13. The molecule has 3 aromatic rings. The molecule has 1 N–H and O–H groups in total. The first-order chi connectivity index (χ1) is 12.4. The lowest BCUT2D eigenvalue weighted by Crippen LogP contribution is -2.22. The highest BCUT2D eigenvalue weighted by atomic mass is 16.5. The molecular weight excluding hydrogens is 324 g/mol. The second-order valence-electron chi connectivity index (χ2n) is 7.44. The van der Waals surface area contributed by atoms with Crippen LogP contribution in [0.5, 0.6) is 5.75 Å². The van der Waals surface area contributed by atoms with E-state index in [2.05, 4.69) is 41.6 Å². The van der Waals surface area contributed by atoms with Crippen molar-refractivity contribution in [1.82, 2.24) is 9.55 Å². The van der Waals surface area contributed by atoms with Gasteiger partial charge < -0.3 is 14.4 Å². The van der Waals surface area contributed by atoms with Crippen LogP contribution < -0.4 is 4.74 Å². The number of imidazole rings is 1. The zero-order chi connectivity index (χ0) is 18.7. The van der Waals surface area contributed by atoms with E-state index in [1.807, 2.05) is 24.3 Å². The number of hydrogen-bond acceptors (Lipinski definition) is 3. The van der Waals surface area contributed by atoms with Crippen LogP contribution in [0, 0.1) is 13.8 Å². The van der Waals surface area contributed by atoms with Gasteiger partial charge in [0.15, 0.2) is 0 Å². The number of rotatable bonds is 7. The molecule has 0 aliphatic rings. The number of hydrogen-bond donors (Lipinski definition) is 1. The molecule has 4 heteroatoms. The van der Waals surface area contributed by atoms with Crippen molar-refractivity contribution in [3.63, 3.8) is 0 Å². The monoisotopic (exact) mass is 352 g/mol. The first kappa shape index (κ1) is 18.5. The Morgan fingerprint density at radius 3 is 2.54 bits per heavy atom. The maximum absolute atomic E-state index is 10.5. The minimum absolute atomic E-state index is 0.687. The van der Waals surface area contributed by atoms with Gasteiger partial charge >= 0.3 is 0 Å². The summed E-state index contributed by atoms with van der Waals surface area (Å²) in [6.07, 6.45) is 1.92. The van der Waals surface area contributed by atoms with Crippen molar-refractivity contribution in [2.24, 2.45) is 0 Å². The molecule has 0 saturated heterocycles. The second kappa shape index (κ2) is 7.50. The Morgan fingerprint density at radius 1 is 1.04 bits per heavy atom. The predicted molar refractivity (Wildman–Crippen MR) is 106 cm³/mol. The van der Waals surface area contributed by atoms with Crippen LogP contribution in [0.4, 0.5) is 0 Å². The van der Waals surface area contributed by atoms with E-state index in [1.54, 1.807) is 13.8 Å². The topological polar surface area (TPSA) is 47.3 Å². The number of fused-ring (bicyclic) bond motifs is 1. The average molecular weight is 352 g/mol. The Labute approximate surface area is 155 Å². The van der Waals surface area contributed by atoms with E-state index in [0.29, 0.717) is 12.4 Å². The normalized spacial score (nSPS) is 11.9. The Hall–Kier alpha value is -2.33. The number of nitrogens with zero attached hydrogens (tertiary/aromatic N) is 2. The molecular formula is C22H28N2O2. The number of aromatic nitrogens is 2. The van der Waals surface area contributed by atoms with E-state index >= 15 is 0 Å². The zero-order valence-corrected chi connectivity index (χ0v) is 16.1. The molecule has 1 aromatic heterocycles. The number of para-hydroxylation sites is 2. The van der Waals surface area contributed by atoms with Gasteiger partial charge in [0, 0.05) is 6.54 Å². The van der Waals surface area contributed by atoms with E-state index < -0.39 is 5.60 Å². The van der Waals surface area contributed by atoms with Gasteiger partial charge in [0.05, 0.1) is 17.6 Å². The third-order valence-corrected chi connectivity index (χ3v) is 4.72. The molecule has 0 aliphatic carbocycles. The molecule has 0 radical (unpaired) electrons. The Kier molecular flexibility index (Phi) is 5.33. The van der Waals surface area contributed by atoms with Crippen molar-refractivity contribution in [2.45, 2.75) is 52.7 Å². The summed E-state index contributed by atoms with van der Waals surface area (Å²) in [6, 6.07) is 14.2. The smallest absolute Gasteiger partial charge is 0.141 e. The minimum Gasteiger partial charge on any atom is -0.494 e. The third-order valence-electron chi connectivity index (χ3n) is 4.72. The molecule has 3 rings (SSSR count). The molecule has 4 nitrogen and oxygen atoms in total. The molecule has 0 aliphatic heterocycles. The SMILES string of the molecule is Cc1ccc(OCCCCn2c(C(C)(C)O)nc3ccccc32)cc1C. The molecule has 1 heterocycles. The minimum atomic E-state index is -0.963. The third kappa shape index (κ3) is 4.07. The molecule has 0 fully saturated rings. The lowest BCUT2D eigenvalue weighted by molar-refractivity contribution is 0.0650. The molecule has 26 heavy (non-hydrogen) atoms. The summed E-state index contributed by atoms with van der Waals surface area (Å²) in [5.74, 6) is 1.65. The van der Waals surface area contributed by atoms with Gasteiger partial charge in [-0.15, -0.1) is 0 Å². The fourth-order valence-electron chi connectivity index (χ4n) is 3.13. The van der Waals surface area contributed by atoms with Crippen LogP contribution in [0.1, 0.15) is 43.6 Å². The van der Waals surface area contributed by atoms with Crippen molar-refractivity contribution in [1.29, 1.82) is 0 Å². The van der Waals surface area contributed by atoms with Crippen molar-refractivity contribution in [3.8, 4) is 5.75 Å². The van der Waals surface area contributed by atoms with Gasteiger partial charge in [0.1, 0.15) is 17.2 Å². The standard InChI is InChI=1S/C22H28N2O2/c1-16-11-12-18(15-17(16)2)26-14-8-7-13-24-20-10-6-5-9-19(20)23-21(24)22(3,4)25/h5-6,9-12,15,25H,7-8,13-14H2,1-4H3. The molecule has 0 amide bonds. The van der Waals surface area contributed by atoms with Crippen LogP contribution in [-0.4, -0.2) is 21.3 Å². The Morgan fingerprint density at radius 2 is 1.81 bits per heavy atom. The molecule has 0 saturated carbocycles. The largest absolute Gasteiger partial charge is 0.494 e. The number of benzene rings is 2. The van der Waals surface area contributed by atoms with Crippen molar-refractivity contribution in [3.05, 3.63) is 59.4 Å². The van der Waals surface area contributed by atoms with Gasteiger partial charge in [-0.3, -0.25) is 0 Å². The van der Waals surface area contributed by atoms with Gasteiger partial charge in [-0.25, -0.2) is 4.98 Å². The molecule has 0 unspecified atom stereocenters. The fraction of sp³-hybridized carbons (Fsp3) is 0.409. The van der Waals surface area contributed by atoms with Crippen LogP contribution in [0.15, 0.2) is 42.5 Å². The van der Waals surface area contributed by atoms with Crippen LogP contribution in [0.25, 0.3) is 11.0 Å². The quantitative estimate of drug-likeness (QED) is 0.625. The number of ether oxygens (including phenoxy) is 1. The number of aryl methyl sites for hydroxylation is 3. The van der Waals surface area contributed by atoms with Crippen LogP contribution in [0.3, 0.4) is 0 Å². The highest BCUT2D eigenvalue weighted by molar-refractivity contribution is 5.76. The molecule has 138 valence electrons. The summed E-state index contributed by atoms with van der Waals surface area (Å²) >= 11 is 0. The number of aliphatic hydroxyl groups is 1. The summed E-state index contributed by atoms with van der Waals surface area (Å²) in [5.41, 5.74) is 3.57. The van der Waals surface area contributed by atoms with E-state index in [0.717, 1.165) is 36.2 Å². The first-order valence-electron chi connectivity index (χ1n) is 9.24. The maximum atomic E-state index is 10.5. The summed E-state index contributed by atoms with van der Waals surface area (Å²) in [5, 5.41) is 10.5. The van der Waals surface area contributed by atoms with Crippen molar-refractivity contribution in [2.75, 3.05) is 6.61 Å². The highest BCUT2D eigenvalue weighted by Gasteiger charge is 2.24. The van der Waals surface area contributed by atoms with Crippen molar-refractivity contribution >= 4 is 11.0 Å². The van der Waals surface area contributed by atoms with Crippen LogP contribution in [0.2, 0.25) is 0 Å². The molecule has 0 spiro atoms. The van der Waals surface area contributed by atoms with Gasteiger partial charge in [-0.2, -0.15) is 0 Å². The van der Waals surface area contributed by atoms with E-state index in [-0.39, 0.29) is 0 Å². The highest BCUT2D eigenvalue weighted by Crippen LogP contribution is 2.25. The zero-order valence-electron chi connectivity index (χ0n) is 16.1. The summed E-state index contributed by atoms with van der Waals surface area (Å²) in [4.78, 5) is 4.63. The Bertz CT molecular complexity index is 891. The van der Waals surface area contributed by atoms with Gasteiger partial charge in [-0.05, 0) is 75.9 Å². The average Bonchev–Trinajstić information content (AvgIpc) is 2.97. The van der Waals surface area contributed by atoms with Crippen LogP contribution in [-0.2, 0) is 12.1 Å². The van der Waals surface area contributed by atoms with E-state index in [1.165, 1.54) is 11.1 Å². The molecule has 2 aromatic carbocycles. The summed E-state index contributed by atoms with van der Waals surface area (Å²) < 4.78 is 8.00. The van der Waals surface area contributed by atoms with E-state index in [9.17, 15) is 5.11 Å². The first-order valence-corrected chi connectivity index (χ1v) is 9.24. The van der Waals surface area contributed by atoms with Gasteiger partial charge in [0.2, 0.25) is 0 Å². The van der Waals surface area contributed by atoms with Gasteiger partial charge in [-0.1, -0.05) is 18.2 Å². The Balaban J connectivity index is 1.62. The summed E-state index contributed by atoms with van der Waals surface area (Å²) in [6.45, 7) is 9.28. The predicted octanol–water partition coefficient (Wildman–Crippen LogP) is 4.74. The van der Waals surface area contributed by atoms with Gasteiger partial charge in [0.25, 0.3) is 0 Å². The molecule has 0 atom stereocenters. The lowest BCUT2D eigenvalue weighted by Gasteiger charge is -2.19. The van der Waals surface area contributed by atoms with Crippen molar-refractivity contribution < 1.29 is 9.84 Å². The summed E-state index contributed by atoms with van der Waals surface area (Å²) in [7, 11) is 0. The lowest BCUT2D eigenvalue weighted by atomic mass is 10.1. The van der Waals surface area contributed by atoms with Crippen LogP contribution >= 0.6 is 0 Å². The molecule has 0 bridgehead atoms. The maximum Gasteiger partial charge on any atom is 0.141 e. The second-order valence-corrected chi connectivity index (χ2v) is 7.44. The number of unbranched alkanes of at least 4 members (excludes halogenated alkanes) is 1. The van der Waals surface area contributed by atoms with E-state index in [4.69, 9.17) is 4.74 Å².